The van der Waals surface area contributed by atoms with Crippen LogP contribution < -0.4 is 10.6 Å². The minimum Gasteiger partial charge on any atom is -0.372 e. The fourth-order valence-electron chi connectivity index (χ4n) is 3.07. The summed E-state index contributed by atoms with van der Waals surface area (Å²) >= 11 is 0. The monoisotopic (exact) mass is 280 g/mol. The molecule has 3 nitrogen and oxygen atoms in total. The second kappa shape index (κ2) is 5.24. The Hall–Kier alpha value is -2.29. The van der Waals surface area contributed by atoms with Crippen LogP contribution in [0.4, 0.5) is 11.4 Å². The van der Waals surface area contributed by atoms with Gasteiger partial charge in [0.25, 0.3) is 0 Å². The van der Waals surface area contributed by atoms with Gasteiger partial charge >= 0.3 is 0 Å². The van der Waals surface area contributed by atoms with E-state index in [1.54, 1.807) is 0 Å². The first-order valence-corrected chi connectivity index (χ1v) is 7.28. The molecular weight excluding hydrogens is 260 g/mol. The van der Waals surface area contributed by atoms with E-state index in [0.29, 0.717) is 6.42 Å². The molecule has 1 atom stereocenters. The highest BCUT2D eigenvalue weighted by molar-refractivity contribution is 6.03. The molecule has 2 N–H and O–H groups in total. The van der Waals surface area contributed by atoms with Crippen LogP contribution in [0.15, 0.2) is 36.4 Å². The number of carbonyl (C=O) groups excluding carboxylic acids is 1. The molecule has 1 aliphatic heterocycles. The van der Waals surface area contributed by atoms with E-state index in [9.17, 15) is 4.79 Å². The maximum atomic E-state index is 12.3. The van der Waals surface area contributed by atoms with E-state index in [1.165, 1.54) is 22.3 Å². The number of nitrogens with one attached hydrogen (secondary N) is 2. The van der Waals surface area contributed by atoms with Crippen molar-refractivity contribution in [2.75, 3.05) is 10.6 Å². The SMILES string of the molecule is Cc1cc(C)c(C[C@@H]2Nc3ccccc3NC2=O)c(C)c1. The Morgan fingerprint density at radius 2 is 1.62 bits per heavy atom. The van der Waals surface area contributed by atoms with Gasteiger partial charge in [-0.1, -0.05) is 29.8 Å². The van der Waals surface area contributed by atoms with Gasteiger partial charge in [0.2, 0.25) is 5.91 Å². The van der Waals surface area contributed by atoms with Crippen molar-refractivity contribution >= 4 is 17.3 Å². The van der Waals surface area contributed by atoms with E-state index < -0.39 is 0 Å². The third-order valence-corrected chi connectivity index (χ3v) is 4.08. The fourth-order valence-corrected chi connectivity index (χ4v) is 3.07. The van der Waals surface area contributed by atoms with Gasteiger partial charge in [0.15, 0.2) is 0 Å². The molecule has 0 bridgehead atoms. The number of fused-ring (bicyclic) bond motifs is 1. The number of rotatable bonds is 2. The molecular formula is C18H20N2O. The molecule has 3 rings (SSSR count). The molecule has 0 spiro atoms. The van der Waals surface area contributed by atoms with E-state index in [1.807, 2.05) is 24.3 Å². The molecule has 0 radical (unpaired) electrons. The maximum absolute atomic E-state index is 12.3. The molecule has 0 unspecified atom stereocenters. The van der Waals surface area contributed by atoms with Gasteiger partial charge in [0, 0.05) is 6.42 Å². The van der Waals surface area contributed by atoms with Gasteiger partial charge in [0.05, 0.1) is 11.4 Å². The molecule has 1 aliphatic rings. The van der Waals surface area contributed by atoms with Crippen LogP contribution in [-0.2, 0) is 11.2 Å². The summed E-state index contributed by atoms with van der Waals surface area (Å²) in [7, 11) is 0. The Kier molecular flexibility index (Phi) is 3.42. The zero-order valence-corrected chi connectivity index (χ0v) is 12.7. The number of amides is 1. The molecule has 3 heteroatoms. The van der Waals surface area contributed by atoms with E-state index in [4.69, 9.17) is 0 Å². The lowest BCUT2D eigenvalue weighted by Crippen LogP contribution is -2.40. The van der Waals surface area contributed by atoms with E-state index in [2.05, 4.69) is 43.5 Å². The molecule has 108 valence electrons. The van der Waals surface area contributed by atoms with Crippen molar-refractivity contribution in [2.24, 2.45) is 0 Å². The zero-order valence-electron chi connectivity index (χ0n) is 12.7. The summed E-state index contributed by atoms with van der Waals surface area (Å²) in [6.45, 7) is 6.33. The first kappa shape index (κ1) is 13.7. The Balaban J connectivity index is 1.88. The summed E-state index contributed by atoms with van der Waals surface area (Å²) in [5.41, 5.74) is 6.87. The minimum absolute atomic E-state index is 0.0353. The van der Waals surface area contributed by atoms with Gasteiger partial charge in [0.1, 0.15) is 6.04 Å². The van der Waals surface area contributed by atoms with Crippen molar-refractivity contribution in [1.29, 1.82) is 0 Å². The van der Waals surface area contributed by atoms with Crippen LogP contribution in [0, 0.1) is 20.8 Å². The third-order valence-electron chi connectivity index (χ3n) is 4.08. The number of anilines is 2. The summed E-state index contributed by atoms with van der Waals surface area (Å²) < 4.78 is 0. The van der Waals surface area contributed by atoms with Crippen LogP contribution in [0.3, 0.4) is 0 Å². The van der Waals surface area contributed by atoms with Crippen molar-refractivity contribution in [1.82, 2.24) is 0 Å². The number of carbonyl (C=O) groups is 1. The average molecular weight is 280 g/mol. The van der Waals surface area contributed by atoms with E-state index in [-0.39, 0.29) is 11.9 Å². The molecule has 2 aromatic rings. The second-order valence-corrected chi connectivity index (χ2v) is 5.81. The molecule has 1 heterocycles. The van der Waals surface area contributed by atoms with Gasteiger partial charge in [-0.3, -0.25) is 4.79 Å². The highest BCUT2D eigenvalue weighted by Gasteiger charge is 2.26. The smallest absolute Gasteiger partial charge is 0.247 e. The first-order valence-electron chi connectivity index (χ1n) is 7.28. The van der Waals surface area contributed by atoms with Gasteiger partial charge in [-0.05, 0) is 49.6 Å². The van der Waals surface area contributed by atoms with Crippen LogP contribution in [0.25, 0.3) is 0 Å². The summed E-state index contributed by atoms with van der Waals surface area (Å²) in [6.07, 6.45) is 0.706. The molecule has 2 aromatic carbocycles. The summed E-state index contributed by atoms with van der Waals surface area (Å²) in [5.74, 6) is 0.0353. The Labute approximate surface area is 125 Å². The van der Waals surface area contributed by atoms with Gasteiger partial charge in [-0.25, -0.2) is 0 Å². The normalized spacial score (nSPS) is 16.9. The summed E-state index contributed by atoms with van der Waals surface area (Å²) in [5, 5.41) is 6.33. The maximum Gasteiger partial charge on any atom is 0.247 e. The average Bonchev–Trinajstić information content (AvgIpc) is 2.43. The number of para-hydroxylation sites is 2. The Morgan fingerprint density at radius 1 is 1.00 bits per heavy atom. The first-order chi connectivity index (χ1) is 10.0. The zero-order chi connectivity index (χ0) is 15.0. The van der Waals surface area contributed by atoms with Crippen LogP contribution in [0.5, 0.6) is 0 Å². The molecule has 0 aliphatic carbocycles. The largest absolute Gasteiger partial charge is 0.372 e. The summed E-state index contributed by atoms with van der Waals surface area (Å²) in [6, 6.07) is 11.9. The van der Waals surface area contributed by atoms with Crippen LogP contribution in [-0.4, -0.2) is 11.9 Å². The molecule has 21 heavy (non-hydrogen) atoms. The standard InChI is InChI=1S/C18H20N2O/c1-11-8-12(2)14(13(3)9-11)10-17-18(21)20-16-7-5-4-6-15(16)19-17/h4-9,17,19H,10H2,1-3H3,(H,20,21)/t17-/m0/s1. The molecule has 0 saturated heterocycles. The molecule has 0 saturated carbocycles. The van der Waals surface area contributed by atoms with Crippen LogP contribution in [0.1, 0.15) is 22.3 Å². The van der Waals surface area contributed by atoms with Crippen molar-refractivity contribution in [3.8, 4) is 0 Å². The number of hydrogen-bond acceptors (Lipinski definition) is 2. The topological polar surface area (TPSA) is 41.1 Å². The fraction of sp³-hybridized carbons (Fsp3) is 0.278. The van der Waals surface area contributed by atoms with Crippen molar-refractivity contribution in [2.45, 2.75) is 33.2 Å². The number of hydrogen-bond donors (Lipinski definition) is 2. The molecule has 1 amide bonds. The molecule has 0 aromatic heterocycles. The lowest BCUT2D eigenvalue weighted by molar-refractivity contribution is -0.117. The highest BCUT2D eigenvalue weighted by atomic mass is 16.2. The lowest BCUT2D eigenvalue weighted by Gasteiger charge is -2.27. The van der Waals surface area contributed by atoms with Crippen molar-refractivity contribution in [3.05, 3.63) is 58.7 Å². The third kappa shape index (κ3) is 2.64. The molecule has 0 fully saturated rings. The van der Waals surface area contributed by atoms with Gasteiger partial charge in [-0.2, -0.15) is 0 Å². The van der Waals surface area contributed by atoms with E-state index in [0.717, 1.165) is 11.4 Å². The highest BCUT2D eigenvalue weighted by Crippen LogP contribution is 2.28. The van der Waals surface area contributed by atoms with Crippen molar-refractivity contribution < 1.29 is 4.79 Å². The number of aryl methyl sites for hydroxylation is 3. The van der Waals surface area contributed by atoms with Gasteiger partial charge in [-0.15, -0.1) is 0 Å². The predicted molar refractivity (Wildman–Crippen MR) is 86.8 cm³/mol. The van der Waals surface area contributed by atoms with E-state index >= 15 is 0 Å². The quantitative estimate of drug-likeness (QED) is 0.882. The summed E-state index contributed by atoms with van der Waals surface area (Å²) in [4.78, 5) is 12.3. The van der Waals surface area contributed by atoms with Gasteiger partial charge < -0.3 is 10.6 Å². The number of benzene rings is 2. The minimum atomic E-state index is -0.222. The Morgan fingerprint density at radius 3 is 2.29 bits per heavy atom. The predicted octanol–water partition coefficient (Wildman–Crippen LogP) is 3.59. The second-order valence-electron chi connectivity index (χ2n) is 5.81. The Bertz CT molecular complexity index is 683. The van der Waals surface area contributed by atoms with Crippen LogP contribution >= 0.6 is 0 Å². The van der Waals surface area contributed by atoms with Crippen molar-refractivity contribution in [3.63, 3.8) is 0 Å². The van der Waals surface area contributed by atoms with Crippen LogP contribution in [0.2, 0.25) is 0 Å². The lowest BCUT2D eigenvalue weighted by atomic mass is 9.93.